The Morgan fingerprint density at radius 2 is 1.65 bits per heavy atom. The minimum Gasteiger partial charge on any atom is -0.491 e. The lowest BCUT2D eigenvalue weighted by Crippen LogP contribution is -2.53. The van der Waals surface area contributed by atoms with Gasteiger partial charge in [-0.2, -0.15) is 0 Å². The van der Waals surface area contributed by atoms with Crippen LogP contribution in [0.4, 0.5) is 0 Å². The Hall–Kier alpha value is -3.88. The molecule has 4 amide bonds. The fourth-order valence-electron chi connectivity index (χ4n) is 4.66. The van der Waals surface area contributed by atoms with Gasteiger partial charge in [0.1, 0.15) is 24.4 Å². The molecule has 0 saturated carbocycles. The van der Waals surface area contributed by atoms with Crippen LogP contribution in [0.3, 0.4) is 0 Å². The van der Waals surface area contributed by atoms with Crippen LogP contribution in [0.15, 0.2) is 54.6 Å². The van der Waals surface area contributed by atoms with Gasteiger partial charge in [-0.15, -0.1) is 0 Å². The predicted molar refractivity (Wildman–Crippen MR) is 154 cm³/mol. The van der Waals surface area contributed by atoms with Crippen LogP contribution in [-0.4, -0.2) is 54.9 Å². The van der Waals surface area contributed by atoms with E-state index in [1.165, 1.54) is 0 Å². The first-order valence-corrected chi connectivity index (χ1v) is 14.1. The van der Waals surface area contributed by atoms with E-state index >= 15 is 0 Å². The molecule has 0 spiro atoms. The largest absolute Gasteiger partial charge is 0.491 e. The molecule has 2 aromatic carbocycles. The zero-order valence-corrected chi connectivity index (χ0v) is 23.9. The Morgan fingerprint density at radius 1 is 0.950 bits per heavy atom. The SMILES string of the molecule is CC(C)C[C@@H]1COc2ccccc2C(=O)N[C@H](C(=O)NCCc2ccccc2)CCC(=O)N[C@H](C(C)C)C(=O)N1. The third-order valence-electron chi connectivity index (χ3n) is 6.78. The first-order chi connectivity index (χ1) is 19.1. The quantitative estimate of drug-likeness (QED) is 0.422. The lowest BCUT2D eigenvalue weighted by atomic mass is 10.00. The second kappa shape index (κ2) is 15.1. The van der Waals surface area contributed by atoms with Crippen LogP contribution in [0.5, 0.6) is 5.75 Å². The zero-order valence-electron chi connectivity index (χ0n) is 23.9. The van der Waals surface area contributed by atoms with Gasteiger partial charge in [0.05, 0.1) is 11.6 Å². The van der Waals surface area contributed by atoms with Crippen molar-refractivity contribution in [1.82, 2.24) is 21.3 Å². The van der Waals surface area contributed by atoms with E-state index in [4.69, 9.17) is 4.74 Å². The van der Waals surface area contributed by atoms with Gasteiger partial charge < -0.3 is 26.0 Å². The van der Waals surface area contributed by atoms with Gasteiger partial charge >= 0.3 is 0 Å². The summed E-state index contributed by atoms with van der Waals surface area (Å²) in [5.41, 5.74) is 1.35. The van der Waals surface area contributed by atoms with E-state index in [2.05, 4.69) is 35.1 Å². The van der Waals surface area contributed by atoms with Gasteiger partial charge in [0.2, 0.25) is 17.7 Å². The van der Waals surface area contributed by atoms with Gasteiger partial charge in [-0.05, 0) is 48.8 Å². The van der Waals surface area contributed by atoms with Crippen molar-refractivity contribution in [2.45, 2.75) is 71.5 Å². The molecule has 1 aliphatic rings. The Kier molecular flexibility index (Phi) is 11.5. The third kappa shape index (κ3) is 9.39. The molecule has 9 nitrogen and oxygen atoms in total. The molecule has 3 atom stereocenters. The maximum absolute atomic E-state index is 13.3. The number of amides is 4. The van der Waals surface area contributed by atoms with E-state index in [0.29, 0.717) is 25.1 Å². The maximum atomic E-state index is 13.3. The molecule has 0 fully saturated rings. The molecule has 4 N–H and O–H groups in total. The average molecular weight is 551 g/mol. The molecule has 0 radical (unpaired) electrons. The normalized spacial score (nSPS) is 20.8. The predicted octanol–water partition coefficient (Wildman–Crippen LogP) is 2.99. The monoisotopic (exact) mass is 550 g/mol. The van der Waals surface area contributed by atoms with Gasteiger partial charge in [-0.25, -0.2) is 0 Å². The average Bonchev–Trinajstić information content (AvgIpc) is 2.92. The van der Waals surface area contributed by atoms with Gasteiger partial charge in [0, 0.05) is 13.0 Å². The maximum Gasteiger partial charge on any atom is 0.255 e. The molecule has 0 unspecified atom stereocenters. The molecule has 0 aromatic heterocycles. The molecule has 2 aromatic rings. The van der Waals surface area contributed by atoms with Crippen molar-refractivity contribution in [3.8, 4) is 5.75 Å². The van der Waals surface area contributed by atoms with E-state index < -0.39 is 18.0 Å². The second-order valence-electron chi connectivity index (χ2n) is 11.0. The summed E-state index contributed by atoms with van der Waals surface area (Å²) in [5.74, 6) is -1.02. The summed E-state index contributed by atoms with van der Waals surface area (Å²) in [6.07, 6.45) is 1.32. The van der Waals surface area contributed by atoms with Crippen molar-refractivity contribution in [2.24, 2.45) is 11.8 Å². The van der Waals surface area contributed by atoms with Crippen LogP contribution < -0.4 is 26.0 Å². The molecule has 216 valence electrons. The number of carbonyl (C=O) groups is 4. The highest BCUT2D eigenvalue weighted by atomic mass is 16.5. The third-order valence-corrected chi connectivity index (χ3v) is 6.78. The van der Waals surface area contributed by atoms with Crippen LogP contribution in [0, 0.1) is 11.8 Å². The summed E-state index contributed by atoms with van der Waals surface area (Å²) < 4.78 is 6.06. The fraction of sp³-hybridized carbons (Fsp3) is 0.484. The second-order valence-corrected chi connectivity index (χ2v) is 11.0. The number of benzene rings is 2. The lowest BCUT2D eigenvalue weighted by molar-refractivity contribution is -0.131. The number of fused-ring (bicyclic) bond motifs is 1. The summed E-state index contributed by atoms with van der Waals surface area (Å²) >= 11 is 0. The Morgan fingerprint density at radius 3 is 2.35 bits per heavy atom. The first kappa shape index (κ1) is 30.7. The molecule has 1 heterocycles. The Bertz CT molecular complexity index is 1150. The van der Waals surface area contributed by atoms with E-state index in [9.17, 15) is 19.2 Å². The molecule has 3 rings (SSSR count). The van der Waals surface area contributed by atoms with E-state index in [1.54, 1.807) is 24.3 Å². The highest BCUT2D eigenvalue weighted by Gasteiger charge is 2.29. The number of hydrogen-bond donors (Lipinski definition) is 4. The molecule has 0 bridgehead atoms. The minimum absolute atomic E-state index is 0.0406. The van der Waals surface area contributed by atoms with E-state index in [0.717, 1.165) is 5.56 Å². The topological polar surface area (TPSA) is 126 Å². The first-order valence-electron chi connectivity index (χ1n) is 14.1. The van der Waals surface area contributed by atoms with Gasteiger partial charge in [-0.3, -0.25) is 19.2 Å². The van der Waals surface area contributed by atoms with Gasteiger partial charge in [-0.1, -0.05) is 70.2 Å². The summed E-state index contributed by atoms with van der Waals surface area (Å²) in [4.78, 5) is 52.7. The van der Waals surface area contributed by atoms with Crippen molar-refractivity contribution in [1.29, 1.82) is 0 Å². The van der Waals surface area contributed by atoms with Crippen molar-refractivity contribution in [3.63, 3.8) is 0 Å². The van der Waals surface area contributed by atoms with Crippen LogP contribution in [0.25, 0.3) is 0 Å². The number of carbonyl (C=O) groups excluding carboxylic acids is 4. The van der Waals surface area contributed by atoms with E-state index in [1.807, 2.05) is 44.2 Å². The molecular weight excluding hydrogens is 508 g/mol. The Balaban J connectivity index is 1.84. The fourth-order valence-corrected chi connectivity index (χ4v) is 4.66. The van der Waals surface area contributed by atoms with Crippen LogP contribution in [-0.2, 0) is 20.8 Å². The van der Waals surface area contributed by atoms with Crippen molar-refractivity contribution >= 4 is 23.6 Å². The Labute approximate surface area is 236 Å². The number of para-hydroxylation sites is 1. The van der Waals surface area contributed by atoms with Crippen molar-refractivity contribution < 1.29 is 23.9 Å². The van der Waals surface area contributed by atoms with Gasteiger partial charge in [0.25, 0.3) is 5.91 Å². The smallest absolute Gasteiger partial charge is 0.255 e. The van der Waals surface area contributed by atoms with Gasteiger partial charge in [0.15, 0.2) is 0 Å². The molecule has 1 aliphatic heterocycles. The lowest BCUT2D eigenvalue weighted by Gasteiger charge is -2.26. The van der Waals surface area contributed by atoms with Crippen molar-refractivity contribution in [2.75, 3.05) is 13.2 Å². The van der Waals surface area contributed by atoms with E-state index in [-0.39, 0.29) is 60.6 Å². The van der Waals surface area contributed by atoms with Crippen LogP contribution >= 0.6 is 0 Å². The van der Waals surface area contributed by atoms with Crippen LogP contribution in [0.1, 0.15) is 62.9 Å². The summed E-state index contributed by atoms with van der Waals surface area (Å²) in [6.45, 7) is 8.37. The molecule has 0 saturated heterocycles. The molecule has 40 heavy (non-hydrogen) atoms. The highest BCUT2D eigenvalue weighted by molar-refractivity contribution is 5.99. The number of hydrogen-bond acceptors (Lipinski definition) is 5. The summed E-state index contributed by atoms with van der Waals surface area (Å²) in [5, 5.41) is 11.5. The van der Waals surface area contributed by atoms with Crippen LogP contribution in [0.2, 0.25) is 0 Å². The number of ether oxygens (including phenoxy) is 1. The van der Waals surface area contributed by atoms with Crippen molar-refractivity contribution in [3.05, 3.63) is 65.7 Å². The molecular formula is C31H42N4O5. The standard InChI is InChI=1S/C31H42N4O5/c1-20(2)18-23-19-40-26-13-9-8-12-24(26)29(37)34-25(30(38)32-17-16-22-10-6-5-7-11-22)14-15-27(36)35-28(21(3)4)31(39)33-23/h5-13,20-21,23,25,28H,14-19H2,1-4H3,(H,32,38)(H,33,39)(H,34,37)(H,35,36)/t23-,25+,28-/m1/s1. The molecule has 0 aliphatic carbocycles. The summed E-state index contributed by atoms with van der Waals surface area (Å²) in [6, 6.07) is 14.5. The summed E-state index contributed by atoms with van der Waals surface area (Å²) in [7, 11) is 0. The zero-order chi connectivity index (χ0) is 29.1. The molecule has 9 heteroatoms. The minimum atomic E-state index is -0.952. The highest BCUT2D eigenvalue weighted by Crippen LogP contribution is 2.20. The number of nitrogens with one attached hydrogen (secondary N) is 4. The number of rotatable bonds is 7.